The molecule has 31 heavy (non-hydrogen) atoms. The molecule has 2 aromatic heterocycles. The smallest absolute Gasteiger partial charge is 0.230 e. The molecule has 3 aromatic rings. The number of hydrogen-bond donors (Lipinski definition) is 1. The quantitative estimate of drug-likeness (QED) is 0.402. The molecule has 0 aliphatic heterocycles. The van der Waals surface area contributed by atoms with Gasteiger partial charge in [0.05, 0.1) is 20.0 Å². The molecule has 1 amide bonds. The average molecular weight is 458 g/mol. The summed E-state index contributed by atoms with van der Waals surface area (Å²) in [6.45, 7) is 2.88. The number of nitrogens with one attached hydrogen (secondary N) is 1. The predicted octanol–water partition coefficient (Wildman–Crippen LogP) is 4.28. The molecular weight excluding hydrogens is 430 g/mol. The third-order valence-electron chi connectivity index (χ3n) is 5.58. The van der Waals surface area contributed by atoms with E-state index in [2.05, 4.69) is 22.2 Å². The highest BCUT2D eigenvalue weighted by Gasteiger charge is 2.23. The minimum absolute atomic E-state index is 0.00922. The van der Waals surface area contributed by atoms with Crippen LogP contribution in [0.5, 0.6) is 11.5 Å². The number of rotatable bonds is 8. The zero-order chi connectivity index (χ0) is 21.8. The van der Waals surface area contributed by atoms with Crippen LogP contribution in [0, 0.1) is 5.92 Å². The van der Waals surface area contributed by atoms with E-state index >= 15 is 0 Å². The molecular formula is C23H27N3O3S2. The van der Waals surface area contributed by atoms with Crippen LogP contribution in [0.15, 0.2) is 29.6 Å². The molecule has 164 valence electrons. The van der Waals surface area contributed by atoms with E-state index in [0.717, 1.165) is 46.0 Å². The highest BCUT2D eigenvalue weighted by atomic mass is 32.2. The van der Waals surface area contributed by atoms with Crippen molar-refractivity contribution in [1.82, 2.24) is 15.3 Å². The monoisotopic (exact) mass is 457 g/mol. The summed E-state index contributed by atoms with van der Waals surface area (Å²) < 4.78 is 10.6. The Bertz CT molecular complexity index is 1080. The second-order valence-electron chi connectivity index (χ2n) is 7.79. The summed E-state index contributed by atoms with van der Waals surface area (Å²) >= 11 is 3.29. The minimum atomic E-state index is 0.00922. The molecule has 2 heterocycles. The molecule has 4 rings (SSSR count). The van der Waals surface area contributed by atoms with Crippen molar-refractivity contribution in [3.63, 3.8) is 0 Å². The van der Waals surface area contributed by atoms with Crippen molar-refractivity contribution in [2.24, 2.45) is 5.92 Å². The zero-order valence-electron chi connectivity index (χ0n) is 18.1. The van der Waals surface area contributed by atoms with E-state index in [1.54, 1.807) is 31.9 Å². The molecule has 1 aliphatic rings. The fourth-order valence-electron chi connectivity index (χ4n) is 3.92. The lowest BCUT2D eigenvalue weighted by Gasteiger charge is -2.18. The van der Waals surface area contributed by atoms with Crippen molar-refractivity contribution < 1.29 is 14.3 Å². The van der Waals surface area contributed by atoms with Crippen molar-refractivity contribution >= 4 is 39.2 Å². The first-order chi connectivity index (χ1) is 15.1. The number of carbonyl (C=O) groups excluding carboxylic acids is 1. The van der Waals surface area contributed by atoms with Crippen molar-refractivity contribution in [3.05, 3.63) is 40.5 Å². The van der Waals surface area contributed by atoms with Gasteiger partial charge in [0, 0.05) is 16.8 Å². The number of fused-ring (bicyclic) bond motifs is 3. The first kappa shape index (κ1) is 21.9. The lowest BCUT2D eigenvalue weighted by atomic mass is 9.89. The van der Waals surface area contributed by atoms with Gasteiger partial charge in [-0.15, -0.1) is 11.3 Å². The number of thioether (sulfide) groups is 1. The number of nitrogens with zero attached hydrogens (tertiary/aromatic N) is 2. The Hall–Kier alpha value is -2.32. The SMILES string of the molecule is COc1ccc(CCNC(=O)CSc2ncnc3sc4c(c23)CC[C@@H](C)C4)cc1OC. The van der Waals surface area contributed by atoms with Crippen molar-refractivity contribution in [1.29, 1.82) is 0 Å². The van der Waals surface area contributed by atoms with E-state index in [9.17, 15) is 4.79 Å². The zero-order valence-corrected chi connectivity index (χ0v) is 19.7. The summed E-state index contributed by atoms with van der Waals surface area (Å²) in [6, 6.07) is 5.81. The molecule has 1 atom stereocenters. The lowest BCUT2D eigenvalue weighted by molar-refractivity contribution is -0.118. The largest absolute Gasteiger partial charge is 0.493 e. The maximum Gasteiger partial charge on any atom is 0.230 e. The van der Waals surface area contributed by atoms with Crippen molar-refractivity contribution in [2.45, 2.75) is 37.6 Å². The van der Waals surface area contributed by atoms with E-state index in [0.29, 0.717) is 23.8 Å². The van der Waals surface area contributed by atoms with Crippen LogP contribution in [0.4, 0.5) is 0 Å². The summed E-state index contributed by atoms with van der Waals surface area (Å²) in [5, 5.41) is 5.09. The first-order valence-corrected chi connectivity index (χ1v) is 12.2. The molecule has 0 saturated carbocycles. The van der Waals surface area contributed by atoms with Crippen molar-refractivity contribution in [3.8, 4) is 11.5 Å². The van der Waals surface area contributed by atoms with Gasteiger partial charge in [-0.3, -0.25) is 4.79 Å². The van der Waals surface area contributed by atoms with Crippen LogP contribution in [-0.2, 0) is 24.1 Å². The van der Waals surface area contributed by atoms with Crippen LogP contribution >= 0.6 is 23.1 Å². The van der Waals surface area contributed by atoms with E-state index in [-0.39, 0.29) is 5.91 Å². The Morgan fingerprint density at radius 3 is 2.90 bits per heavy atom. The van der Waals surface area contributed by atoms with Gasteiger partial charge in [0.2, 0.25) is 5.91 Å². The average Bonchev–Trinajstić information content (AvgIpc) is 3.15. The standard InChI is InChI=1S/C23H27N3O3S2/c1-14-4-6-16-19(10-14)31-23-21(16)22(25-13-26-23)30-12-20(27)24-9-8-15-5-7-17(28-2)18(11-15)29-3/h5,7,11,13-14H,4,6,8-10,12H2,1-3H3,(H,24,27)/t14-/m1/s1. The molecule has 1 aromatic carbocycles. The highest BCUT2D eigenvalue weighted by Crippen LogP contribution is 2.40. The van der Waals surface area contributed by atoms with Crippen LogP contribution in [0.3, 0.4) is 0 Å². The van der Waals surface area contributed by atoms with Gasteiger partial charge in [0.25, 0.3) is 0 Å². The number of thiophene rings is 1. The number of benzene rings is 1. The van der Waals surface area contributed by atoms with Gasteiger partial charge in [-0.05, 0) is 54.9 Å². The first-order valence-electron chi connectivity index (χ1n) is 10.4. The molecule has 0 unspecified atom stereocenters. The Morgan fingerprint density at radius 2 is 2.10 bits per heavy atom. The van der Waals surface area contributed by atoms with E-state index in [4.69, 9.17) is 9.47 Å². The summed E-state index contributed by atoms with van der Waals surface area (Å²) in [7, 11) is 3.24. The maximum atomic E-state index is 12.4. The van der Waals surface area contributed by atoms with Gasteiger partial charge < -0.3 is 14.8 Å². The Morgan fingerprint density at radius 1 is 1.26 bits per heavy atom. The van der Waals surface area contributed by atoms with Gasteiger partial charge in [-0.25, -0.2) is 9.97 Å². The molecule has 6 nitrogen and oxygen atoms in total. The molecule has 0 saturated heterocycles. The number of amides is 1. The van der Waals surface area contributed by atoms with Gasteiger partial charge in [-0.1, -0.05) is 24.8 Å². The number of methoxy groups -OCH3 is 2. The van der Waals surface area contributed by atoms with Crippen LogP contribution in [0.2, 0.25) is 0 Å². The fourth-order valence-corrected chi connectivity index (χ4v) is 6.19. The van der Waals surface area contributed by atoms with Crippen LogP contribution in [0.1, 0.15) is 29.3 Å². The molecule has 1 N–H and O–H groups in total. The van der Waals surface area contributed by atoms with Crippen LogP contribution in [0.25, 0.3) is 10.2 Å². The third-order valence-corrected chi connectivity index (χ3v) is 7.73. The van der Waals surface area contributed by atoms with Gasteiger partial charge in [0.15, 0.2) is 11.5 Å². The molecule has 0 bridgehead atoms. The Labute approximate surface area is 190 Å². The van der Waals surface area contributed by atoms with Gasteiger partial charge >= 0.3 is 0 Å². The molecule has 8 heteroatoms. The van der Waals surface area contributed by atoms with E-state index in [1.807, 2.05) is 18.2 Å². The van der Waals surface area contributed by atoms with Crippen LogP contribution in [-0.4, -0.2) is 42.4 Å². The molecule has 0 spiro atoms. The number of aromatic nitrogens is 2. The normalized spacial score (nSPS) is 15.5. The van der Waals surface area contributed by atoms with Crippen LogP contribution < -0.4 is 14.8 Å². The lowest BCUT2D eigenvalue weighted by Crippen LogP contribution is -2.27. The molecule has 0 radical (unpaired) electrons. The third kappa shape index (κ3) is 4.96. The summed E-state index contributed by atoms with van der Waals surface area (Å²) in [4.78, 5) is 23.9. The summed E-state index contributed by atoms with van der Waals surface area (Å²) in [6.07, 6.45) is 5.75. The summed E-state index contributed by atoms with van der Waals surface area (Å²) in [5.41, 5.74) is 2.48. The second-order valence-corrected chi connectivity index (χ2v) is 9.84. The second kappa shape index (κ2) is 9.87. The number of carbonyl (C=O) groups is 1. The van der Waals surface area contributed by atoms with Crippen molar-refractivity contribution in [2.75, 3.05) is 26.5 Å². The molecule has 0 fully saturated rings. The van der Waals surface area contributed by atoms with E-state index in [1.165, 1.54) is 28.6 Å². The fraction of sp³-hybridized carbons (Fsp3) is 0.435. The minimum Gasteiger partial charge on any atom is -0.493 e. The number of aryl methyl sites for hydroxylation is 1. The highest BCUT2D eigenvalue weighted by molar-refractivity contribution is 8.00. The predicted molar refractivity (Wildman–Crippen MR) is 126 cm³/mol. The number of ether oxygens (including phenoxy) is 2. The molecule has 1 aliphatic carbocycles. The van der Waals surface area contributed by atoms with Gasteiger partial charge in [0.1, 0.15) is 16.2 Å². The maximum absolute atomic E-state index is 12.4. The Balaban J connectivity index is 1.34. The van der Waals surface area contributed by atoms with E-state index < -0.39 is 0 Å². The number of hydrogen-bond acceptors (Lipinski definition) is 7. The topological polar surface area (TPSA) is 73.3 Å². The van der Waals surface area contributed by atoms with Gasteiger partial charge in [-0.2, -0.15) is 0 Å². The summed E-state index contributed by atoms with van der Waals surface area (Å²) in [5.74, 6) is 2.48. The Kier molecular flexibility index (Phi) is 6.97.